The first-order chi connectivity index (χ1) is 7.08. The van der Waals surface area contributed by atoms with Crippen molar-refractivity contribution in [3.05, 3.63) is 0 Å². The van der Waals surface area contributed by atoms with Crippen molar-refractivity contribution in [2.75, 3.05) is 13.1 Å². The third-order valence-electron chi connectivity index (χ3n) is 2.84. The first kappa shape index (κ1) is 12.0. The van der Waals surface area contributed by atoms with Crippen molar-refractivity contribution in [2.24, 2.45) is 5.41 Å². The second-order valence-corrected chi connectivity index (χ2v) is 4.48. The predicted octanol–water partition coefficient (Wildman–Crippen LogP) is 0.819. The van der Waals surface area contributed by atoms with Crippen molar-refractivity contribution in [1.82, 2.24) is 10.6 Å². The van der Waals surface area contributed by atoms with Gasteiger partial charge in [0.25, 0.3) is 0 Å². The number of rotatable bonds is 5. The van der Waals surface area contributed by atoms with Gasteiger partial charge in [0.15, 0.2) is 0 Å². The van der Waals surface area contributed by atoms with E-state index in [0.29, 0.717) is 13.0 Å². The molecule has 0 aromatic rings. The van der Waals surface area contributed by atoms with Crippen LogP contribution in [0.15, 0.2) is 0 Å². The summed E-state index contributed by atoms with van der Waals surface area (Å²) in [6, 6.07) is 0. The first-order valence-corrected chi connectivity index (χ1v) is 5.63. The minimum atomic E-state index is -0.538. The number of amides is 2. The lowest BCUT2D eigenvalue weighted by atomic mass is 9.88. The minimum Gasteiger partial charge on any atom is -0.356 e. The van der Waals surface area contributed by atoms with Crippen LogP contribution in [0.3, 0.4) is 0 Å². The number of hydrogen-bond donors (Lipinski definition) is 2. The van der Waals surface area contributed by atoms with Gasteiger partial charge in [-0.15, -0.1) is 0 Å². The molecule has 0 saturated carbocycles. The number of nitrogens with one attached hydrogen (secondary N) is 2. The molecule has 0 spiro atoms. The highest BCUT2D eigenvalue weighted by Gasteiger charge is 2.40. The van der Waals surface area contributed by atoms with Gasteiger partial charge < -0.3 is 10.6 Å². The van der Waals surface area contributed by atoms with Crippen LogP contribution in [0.4, 0.5) is 0 Å². The van der Waals surface area contributed by atoms with Gasteiger partial charge in [-0.2, -0.15) is 0 Å². The summed E-state index contributed by atoms with van der Waals surface area (Å²) in [6.45, 7) is 5.14. The second-order valence-electron chi connectivity index (χ2n) is 4.48. The molecule has 1 heterocycles. The highest BCUT2D eigenvalue weighted by molar-refractivity contribution is 5.92. The smallest absolute Gasteiger partial charge is 0.228 e. The average Bonchev–Trinajstić information content (AvgIpc) is 2.54. The summed E-state index contributed by atoms with van der Waals surface area (Å²) in [5, 5.41) is 5.58. The predicted molar refractivity (Wildman–Crippen MR) is 58.3 cm³/mol. The number of carbonyl (C=O) groups excluding carboxylic acids is 2. The zero-order chi connectivity index (χ0) is 11.3. The molecule has 86 valence electrons. The topological polar surface area (TPSA) is 58.2 Å². The molecular formula is C11H20N2O2. The van der Waals surface area contributed by atoms with Crippen LogP contribution < -0.4 is 10.6 Å². The summed E-state index contributed by atoms with van der Waals surface area (Å²) < 4.78 is 0. The fraction of sp³-hybridized carbons (Fsp3) is 0.818. The van der Waals surface area contributed by atoms with Gasteiger partial charge in [0.05, 0.1) is 5.41 Å². The zero-order valence-corrected chi connectivity index (χ0v) is 9.56. The molecule has 15 heavy (non-hydrogen) atoms. The van der Waals surface area contributed by atoms with Crippen LogP contribution in [-0.2, 0) is 9.59 Å². The fourth-order valence-corrected chi connectivity index (χ4v) is 1.72. The number of hydrogen-bond acceptors (Lipinski definition) is 2. The molecule has 1 fully saturated rings. The summed E-state index contributed by atoms with van der Waals surface area (Å²) in [5.41, 5.74) is -0.538. The lowest BCUT2D eigenvalue weighted by molar-refractivity contribution is -0.131. The molecule has 1 aliphatic rings. The van der Waals surface area contributed by atoms with Crippen molar-refractivity contribution >= 4 is 11.8 Å². The minimum absolute atomic E-state index is 0.00282. The Morgan fingerprint density at radius 2 is 2.27 bits per heavy atom. The lowest BCUT2D eigenvalue weighted by Crippen LogP contribution is -2.40. The van der Waals surface area contributed by atoms with Crippen molar-refractivity contribution in [3.8, 4) is 0 Å². The van der Waals surface area contributed by atoms with E-state index in [9.17, 15) is 9.59 Å². The standard InChI is InChI=1S/C11H20N2O2/c1-3-4-5-6-12-10(15)11(2)7-9(14)13-8-11/h3-8H2,1-2H3,(H,12,15)(H,13,14). The molecule has 1 unspecified atom stereocenters. The van der Waals surface area contributed by atoms with Gasteiger partial charge in [0.1, 0.15) is 0 Å². The van der Waals surface area contributed by atoms with E-state index < -0.39 is 5.41 Å². The molecule has 4 nitrogen and oxygen atoms in total. The first-order valence-electron chi connectivity index (χ1n) is 5.63. The summed E-state index contributed by atoms with van der Waals surface area (Å²) in [7, 11) is 0. The van der Waals surface area contributed by atoms with E-state index in [0.717, 1.165) is 25.8 Å². The molecular weight excluding hydrogens is 192 g/mol. The van der Waals surface area contributed by atoms with Crippen LogP contribution in [0, 0.1) is 5.41 Å². The van der Waals surface area contributed by atoms with Crippen molar-refractivity contribution in [2.45, 2.75) is 39.5 Å². The second kappa shape index (κ2) is 5.14. The van der Waals surface area contributed by atoms with Crippen LogP contribution in [-0.4, -0.2) is 24.9 Å². The SMILES string of the molecule is CCCCCNC(=O)C1(C)CNC(=O)C1. The van der Waals surface area contributed by atoms with Crippen LogP contribution in [0.1, 0.15) is 39.5 Å². The molecule has 0 bridgehead atoms. The van der Waals surface area contributed by atoms with Crippen molar-refractivity contribution in [3.63, 3.8) is 0 Å². The fourth-order valence-electron chi connectivity index (χ4n) is 1.72. The van der Waals surface area contributed by atoms with E-state index in [1.165, 1.54) is 0 Å². The number of unbranched alkanes of at least 4 members (excludes halogenated alkanes) is 2. The highest BCUT2D eigenvalue weighted by atomic mass is 16.2. The largest absolute Gasteiger partial charge is 0.356 e. The third kappa shape index (κ3) is 3.22. The monoisotopic (exact) mass is 212 g/mol. The van der Waals surface area contributed by atoms with Gasteiger partial charge in [-0.1, -0.05) is 19.8 Å². The quantitative estimate of drug-likeness (QED) is 0.663. The Bertz CT molecular complexity index is 253. The summed E-state index contributed by atoms with van der Waals surface area (Å²) in [4.78, 5) is 22.8. The van der Waals surface area contributed by atoms with Gasteiger partial charge in [-0.3, -0.25) is 9.59 Å². The summed E-state index contributed by atoms with van der Waals surface area (Å²) >= 11 is 0. The zero-order valence-electron chi connectivity index (χ0n) is 9.56. The normalized spacial score (nSPS) is 25.1. The Morgan fingerprint density at radius 1 is 1.53 bits per heavy atom. The summed E-state index contributed by atoms with van der Waals surface area (Å²) in [6.07, 6.45) is 3.60. The Balaban J connectivity index is 2.30. The van der Waals surface area contributed by atoms with E-state index in [1.54, 1.807) is 0 Å². The van der Waals surface area contributed by atoms with Crippen LogP contribution in [0.5, 0.6) is 0 Å². The maximum absolute atomic E-state index is 11.8. The van der Waals surface area contributed by atoms with E-state index in [4.69, 9.17) is 0 Å². The molecule has 1 atom stereocenters. The molecule has 0 aliphatic carbocycles. The van der Waals surface area contributed by atoms with Gasteiger partial charge in [-0.05, 0) is 13.3 Å². The third-order valence-corrected chi connectivity index (χ3v) is 2.84. The summed E-state index contributed by atoms with van der Waals surface area (Å²) in [5.74, 6) is -0.0295. The molecule has 0 aromatic heterocycles. The van der Waals surface area contributed by atoms with Crippen LogP contribution >= 0.6 is 0 Å². The van der Waals surface area contributed by atoms with Crippen molar-refractivity contribution in [1.29, 1.82) is 0 Å². The highest BCUT2D eigenvalue weighted by Crippen LogP contribution is 2.25. The van der Waals surface area contributed by atoms with Gasteiger partial charge >= 0.3 is 0 Å². The average molecular weight is 212 g/mol. The van der Waals surface area contributed by atoms with Crippen LogP contribution in [0.2, 0.25) is 0 Å². The van der Waals surface area contributed by atoms with E-state index in [-0.39, 0.29) is 11.8 Å². The van der Waals surface area contributed by atoms with Gasteiger partial charge in [0, 0.05) is 19.5 Å². The molecule has 0 aromatic carbocycles. The Kier molecular flexibility index (Phi) is 4.12. The Hall–Kier alpha value is -1.06. The molecule has 1 saturated heterocycles. The molecule has 1 rings (SSSR count). The molecule has 2 amide bonds. The van der Waals surface area contributed by atoms with E-state index >= 15 is 0 Å². The van der Waals surface area contributed by atoms with Gasteiger partial charge in [0.2, 0.25) is 11.8 Å². The van der Waals surface area contributed by atoms with E-state index in [1.807, 2.05) is 6.92 Å². The molecule has 0 radical (unpaired) electrons. The maximum atomic E-state index is 11.8. The molecule has 2 N–H and O–H groups in total. The Morgan fingerprint density at radius 3 is 2.80 bits per heavy atom. The molecule has 1 aliphatic heterocycles. The van der Waals surface area contributed by atoms with E-state index in [2.05, 4.69) is 17.6 Å². The number of carbonyl (C=O) groups is 2. The van der Waals surface area contributed by atoms with Crippen molar-refractivity contribution < 1.29 is 9.59 Å². The van der Waals surface area contributed by atoms with Gasteiger partial charge in [-0.25, -0.2) is 0 Å². The maximum Gasteiger partial charge on any atom is 0.228 e. The molecule has 4 heteroatoms. The van der Waals surface area contributed by atoms with Crippen LogP contribution in [0.25, 0.3) is 0 Å². The lowest BCUT2D eigenvalue weighted by Gasteiger charge is -2.20. The Labute approximate surface area is 90.8 Å².